The predicted molar refractivity (Wildman–Crippen MR) is 128 cm³/mol. The molecule has 5 nitrogen and oxygen atoms in total. The third-order valence-electron chi connectivity index (χ3n) is 5.99. The fraction of sp³-hybridized carbons (Fsp3) is 0.231. The number of benzene rings is 2. The normalized spacial score (nSPS) is 14.2. The first-order valence-corrected chi connectivity index (χ1v) is 10.8. The minimum absolute atomic E-state index is 0.796. The molecule has 5 heteroatoms. The van der Waals surface area contributed by atoms with E-state index in [9.17, 15) is 0 Å². The Balaban J connectivity index is 1.36. The first-order chi connectivity index (χ1) is 15.2. The molecule has 0 spiro atoms. The molecule has 2 aromatic carbocycles. The van der Waals surface area contributed by atoms with Crippen LogP contribution in [0.5, 0.6) is 0 Å². The molecule has 4 aromatic rings. The summed E-state index contributed by atoms with van der Waals surface area (Å²) in [4.78, 5) is 11.3. The van der Waals surface area contributed by atoms with Crippen molar-refractivity contribution >= 4 is 22.3 Å². The molecule has 2 aromatic heterocycles. The highest BCUT2D eigenvalue weighted by Gasteiger charge is 2.12. The topological polar surface area (TPSA) is 46.0 Å². The third kappa shape index (κ3) is 4.23. The second-order valence-corrected chi connectivity index (χ2v) is 8.31. The van der Waals surface area contributed by atoms with Crippen LogP contribution < -0.4 is 5.32 Å². The Labute approximate surface area is 183 Å². The van der Waals surface area contributed by atoms with Crippen LogP contribution in [0.15, 0.2) is 73.8 Å². The lowest BCUT2D eigenvalue weighted by Crippen LogP contribution is -2.18. The Kier molecular flexibility index (Phi) is 5.26. The lowest BCUT2D eigenvalue weighted by molar-refractivity contribution is 0.331. The molecule has 5 rings (SSSR count). The van der Waals surface area contributed by atoms with Crippen LogP contribution in [0.2, 0.25) is 0 Å². The van der Waals surface area contributed by atoms with Crippen molar-refractivity contribution in [1.82, 2.24) is 19.4 Å². The molecule has 1 N–H and O–H groups in total. The van der Waals surface area contributed by atoms with Gasteiger partial charge in [-0.25, -0.2) is 9.97 Å². The maximum absolute atomic E-state index is 4.59. The molecular weight excluding hydrogens is 382 g/mol. The van der Waals surface area contributed by atoms with Crippen LogP contribution in [0.3, 0.4) is 0 Å². The maximum Gasteiger partial charge on any atom is 0.130 e. The summed E-state index contributed by atoms with van der Waals surface area (Å²) in [7, 11) is 2.01. The number of fused-ring (bicyclic) bond motifs is 1. The average Bonchev–Trinajstić information content (AvgIpc) is 3.45. The van der Waals surface area contributed by atoms with E-state index in [-0.39, 0.29) is 0 Å². The summed E-state index contributed by atoms with van der Waals surface area (Å²) >= 11 is 0. The number of aromatic nitrogens is 3. The SMILES string of the molecule is C=C(Nc1cc2cc(-c3cncn3C)ccc2cn1)c1cccc(CN2CCCC2)c1. The van der Waals surface area contributed by atoms with Crippen LogP contribution in [-0.2, 0) is 13.6 Å². The number of hydrogen-bond donors (Lipinski definition) is 1. The Morgan fingerprint density at radius 2 is 1.90 bits per heavy atom. The van der Waals surface area contributed by atoms with Crippen LogP contribution in [0, 0.1) is 0 Å². The number of pyridine rings is 1. The van der Waals surface area contributed by atoms with Crippen LogP contribution in [-0.4, -0.2) is 32.5 Å². The smallest absolute Gasteiger partial charge is 0.130 e. The van der Waals surface area contributed by atoms with E-state index in [1.54, 1.807) is 0 Å². The van der Waals surface area contributed by atoms with Gasteiger partial charge in [0.1, 0.15) is 5.82 Å². The zero-order chi connectivity index (χ0) is 21.2. The van der Waals surface area contributed by atoms with Gasteiger partial charge in [0.2, 0.25) is 0 Å². The second-order valence-electron chi connectivity index (χ2n) is 8.31. The zero-order valence-electron chi connectivity index (χ0n) is 17.9. The molecule has 1 aliphatic heterocycles. The summed E-state index contributed by atoms with van der Waals surface area (Å²) in [5.41, 5.74) is 5.51. The quantitative estimate of drug-likeness (QED) is 0.469. The van der Waals surface area contributed by atoms with Crippen molar-refractivity contribution in [2.45, 2.75) is 19.4 Å². The molecule has 1 fully saturated rings. The highest BCUT2D eigenvalue weighted by atomic mass is 15.1. The Morgan fingerprint density at radius 1 is 1.03 bits per heavy atom. The number of anilines is 1. The second kappa shape index (κ2) is 8.36. The lowest BCUT2D eigenvalue weighted by atomic mass is 10.1. The number of rotatable bonds is 6. The number of likely N-dealkylation sites (tertiary alicyclic amines) is 1. The standard InChI is InChI=1S/C26H27N5/c1-19(21-7-5-6-20(12-21)17-31-10-3-4-11-31)29-26-14-24-13-22(8-9-23(24)15-28-26)25-16-27-18-30(25)2/h5-9,12-16,18H,1,3-4,10-11,17H2,2H3,(H,28,29). The van der Waals surface area contributed by atoms with E-state index < -0.39 is 0 Å². The fourth-order valence-electron chi connectivity index (χ4n) is 4.29. The fourth-order valence-corrected chi connectivity index (χ4v) is 4.29. The van der Waals surface area contributed by atoms with Gasteiger partial charge in [-0.05, 0) is 60.6 Å². The molecule has 3 heterocycles. The number of nitrogens with zero attached hydrogens (tertiary/aromatic N) is 4. The molecule has 0 amide bonds. The van der Waals surface area contributed by atoms with Gasteiger partial charge >= 0.3 is 0 Å². The van der Waals surface area contributed by atoms with Gasteiger partial charge in [0.25, 0.3) is 0 Å². The van der Waals surface area contributed by atoms with E-state index in [2.05, 4.69) is 75.3 Å². The van der Waals surface area contributed by atoms with E-state index in [0.29, 0.717) is 0 Å². The van der Waals surface area contributed by atoms with E-state index in [1.165, 1.54) is 31.5 Å². The van der Waals surface area contributed by atoms with Crippen LogP contribution in [0.25, 0.3) is 27.7 Å². The van der Waals surface area contributed by atoms with Gasteiger partial charge in [-0.3, -0.25) is 4.90 Å². The third-order valence-corrected chi connectivity index (χ3v) is 5.99. The largest absolute Gasteiger partial charge is 0.340 e. The highest BCUT2D eigenvalue weighted by molar-refractivity contribution is 5.89. The first kappa shape index (κ1) is 19.5. The predicted octanol–water partition coefficient (Wildman–Crippen LogP) is 5.31. The lowest BCUT2D eigenvalue weighted by Gasteiger charge is -2.16. The molecule has 31 heavy (non-hydrogen) atoms. The zero-order valence-corrected chi connectivity index (χ0v) is 17.9. The number of nitrogens with one attached hydrogen (secondary N) is 1. The van der Waals surface area contributed by atoms with Crippen molar-refractivity contribution in [3.63, 3.8) is 0 Å². The van der Waals surface area contributed by atoms with Gasteiger partial charge in [0, 0.05) is 36.4 Å². The van der Waals surface area contributed by atoms with Gasteiger partial charge in [0.05, 0.1) is 18.2 Å². The van der Waals surface area contributed by atoms with Crippen molar-refractivity contribution in [1.29, 1.82) is 0 Å². The molecule has 156 valence electrons. The molecule has 0 saturated carbocycles. The van der Waals surface area contributed by atoms with Crippen molar-refractivity contribution < 1.29 is 0 Å². The minimum atomic E-state index is 0.796. The summed E-state index contributed by atoms with van der Waals surface area (Å²) in [5.74, 6) is 0.796. The Hall–Kier alpha value is -3.44. The number of imidazole rings is 1. The van der Waals surface area contributed by atoms with Crippen LogP contribution in [0.1, 0.15) is 24.0 Å². The van der Waals surface area contributed by atoms with Gasteiger partial charge in [-0.15, -0.1) is 0 Å². The molecule has 1 aliphatic rings. The summed E-state index contributed by atoms with van der Waals surface area (Å²) in [5, 5.41) is 5.64. The molecule has 0 aliphatic carbocycles. The van der Waals surface area contributed by atoms with E-state index >= 15 is 0 Å². The van der Waals surface area contributed by atoms with Crippen molar-refractivity contribution in [2.24, 2.45) is 7.05 Å². The average molecular weight is 410 g/mol. The van der Waals surface area contributed by atoms with E-state index in [4.69, 9.17) is 0 Å². The monoisotopic (exact) mass is 409 g/mol. The van der Waals surface area contributed by atoms with Crippen molar-refractivity contribution in [3.8, 4) is 11.3 Å². The van der Waals surface area contributed by atoms with Crippen LogP contribution >= 0.6 is 0 Å². The van der Waals surface area contributed by atoms with Gasteiger partial charge < -0.3 is 9.88 Å². The summed E-state index contributed by atoms with van der Waals surface area (Å²) < 4.78 is 2.03. The molecule has 0 bridgehead atoms. The summed E-state index contributed by atoms with van der Waals surface area (Å²) in [6.07, 6.45) is 8.23. The minimum Gasteiger partial charge on any atom is -0.340 e. The summed E-state index contributed by atoms with van der Waals surface area (Å²) in [6.45, 7) is 7.67. The van der Waals surface area contributed by atoms with Crippen LogP contribution in [0.4, 0.5) is 5.82 Å². The Morgan fingerprint density at radius 3 is 2.71 bits per heavy atom. The summed E-state index contributed by atoms with van der Waals surface area (Å²) in [6, 6.07) is 17.1. The molecule has 1 saturated heterocycles. The van der Waals surface area contributed by atoms with E-state index in [1.807, 2.05) is 30.3 Å². The van der Waals surface area contributed by atoms with Gasteiger partial charge in [-0.1, -0.05) is 36.9 Å². The Bertz CT molecular complexity index is 1230. The van der Waals surface area contributed by atoms with E-state index in [0.717, 1.165) is 45.7 Å². The van der Waals surface area contributed by atoms with Gasteiger partial charge in [0.15, 0.2) is 0 Å². The van der Waals surface area contributed by atoms with Crippen molar-refractivity contribution in [2.75, 3.05) is 18.4 Å². The molecule has 0 radical (unpaired) electrons. The number of hydrogen-bond acceptors (Lipinski definition) is 4. The first-order valence-electron chi connectivity index (χ1n) is 10.8. The maximum atomic E-state index is 4.59. The van der Waals surface area contributed by atoms with Gasteiger partial charge in [-0.2, -0.15) is 0 Å². The molecular formula is C26H27N5. The molecule has 0 unspecified atom stereocenters. The van der Waals surface area contributed by atoms with Crippen molar-refractivity contribution in [3.05, 3.63) is 85.0 Å². The molecule has 0 atom stereocenters. The highest BCUT2D eigenvalue weighted by Crippen LogP contribution is 2.26. The number of aryl methyl sites for hydroxylation is 1.